The zero-order valence-corrected chi connectivity index (χ0v) is 76.7. The number of halogens is 1. The number of carboxylic acids is 4. The molecule has 2 aliphatic heterocycles. The van der Waals surface area contributed by atoms with Gasteiger partial charge in [0.1, 0.15) is 59.1 Å². The molecule has 1 saturated heterocycles. The van der Waals surface area contributed by atoms with Gasteiger partial charge in [0.05, 0.1) is 47.9 Å². The SMILES string of the molecule is CC(=O)Oc1cc2c(c3ccccc13)C(CCl)CN2C(=O)c1cc2cc(NC(=O)c3cc4cc(NC(=O)[C@@H](NC(=O)COc5ccc(/C(C)=N\NC(=O)CCN6C(=O)CC(SCC(NC(=O)[C@@H](CC(=O)O)NC(=O)[C@@H](CCCNC(=N)N)NC(=O)[C@H](CC(=O)O)NC(=O)CC[C@H](NC(=O)c7ccc(NCc8cnc9nc(N)[nH]c(=O)c9n8)cc7)C(=O)O)C(=O)O)C6=O)cc5)C(C)C)ccc4[nH]3)ccc2[nH]1. The number of amides is 12. The largest absolute Gasteiger partial charge is 0.484 e. The molecular formula is C91H96ClN23O24S. The third kappa shape index (κ3) is 26.6. The van der Waals surface area contributed by atoms with Crippen LogP contribution in [0.15, 0.2) is 143 Å². The van der Waals surface area contributed by atoms with Crippen molar-refractivity contribution < 1.29 is 111 Å². The van der Waals surface area contributed by atoms with Gasteiger partial charge in [-0.25, -0.2) is 25.0 Å². The average Bonchev–Trinajstić information content (AvgIpc) is 1.58. The molecule has 10 aromatic rings. The fraction of sp³-hybridized carbons (Fsp3) is 0.308. The van der Waals surface area contributed by atoms with Crippen LogP contribution in [0.4, 0.5) is 28.7 Å². The Balaban J connectivity index is 0.564. The number of nitrogens with two attached hydrogens (primary N) is 2. The summed E-state index contributed by atoms with van der Waals surface area (Å²) in [6.45, 7) is 5.62. The first kappa shape index (κ1) is 102. The lowest BCUT2D eigenvalue weighted by Gasteiger charge is -2.25. The van der Waals surface area contributed by atoms with Gasteiger partial charge in [-0.3, -0.25) is 92.0 Å². The number of hydrogen-bond acceptors (Lipinski definition) is 28. The Bertz CT molecular complexity index is 6670. The number of imide groups is 1. The standard InChI is InChI=1S/C91H96ClN23O24S/c1-42(2)76(84(130)101-52-18-21-57-47(28-52)30-61(102-57)81(127)100-51-17-22-58-48(29-51)31-64(103-58)86(132)115-39-49(36-92)75-56-9-6-5-8-55(56)67(34-66(75)115)139-44(4)116)109-71(119)40-138-54-19-13-45(14-20-54)43(3)112-113-70(118)25-27-114-72(120)35-68(87(114)133)140-41-65(89(136)137)108-83(129)63(33-74(123)124)107-80(126)59(10-7-26-96-90(93)94)105-82(128)62(32-73(121)122)104-69(117)24-23-60(88(134)135)106-79(125)46-11-15-50(16-12-46)97-37-53-38-98-78-77(99-53)85(131)111-91(95)110-78/h5-6,8-9,11-22,28-31,34,38,42,49,59-60,62-63,65,68,76,97,102-103H,7,10,23-27,32-33,35-37,39-41H2,1-4H3,(H,100,127)(H,101,130)(H,104,117)(H,105,128)(H,106,125)(H,107,126)(H,108,129)(H,109,119)(H,113,118)(H,121,122)(H,123,124)(H,134,135)(H,136,137)(H4,93,94,96)(H3,95,98,110,111,131)/b112-43-/t49?,59-,60+,62+,63-,65?,68?,76+/m1/s1. The molecule has 732 valence electrons. The van der Waals surface area contributed by atoms with E-state index in [0.29, 0.717) is 73.3 Å². The monoisotopic (exact) mass is 1960 g/mol. The third-order valence-corrected chi connectivity index (χ3v) is 23.9. The lowest BCUT2D eigenvalue weighted by Crippen LogP contribution is -2.58. The third-order valence-electron chi connectivity index (χ3n) is 22.2. The van der Waals surface area contributed by atoms with E-state index < -0.39 is 218 Å². The molecule has 8 atom stereocenters. The number of aliphatic carboxylic acids is 4. The van der Waals surface area contributed by atoms with Crippen molar-refractivity contribution in [3.63, 3.8) is 0 Å². The molecule has 0 bridgehead atoms. The van der Waals surface area contributed by atoms with Crippen LogP contribution in [0, 0.1) is 11.3 Å². The van der Waals surface area contributed by atoms with E-state index in [1.165, 1.54) is 49.5 Å². The van der Waals surface area contributed by atoms with Crippen LogP contribution in [0.25, 0.3) is 43.7 Å². The van der Waals surface area contributed by atoms with Gasteiger partial charge < -0.3 is 109 Å². The van der Waals surface area contributed by atoms with Gasteiger partial charge in [-0.15, -0.1) is 23.4 Å². The molecular weight excluding hydrogens is 1870 g/mol. The smallest absolute Gasteiger partial charge is 0.327 e. The van der Waals surface area contributed by atoms with E-state index in [9.17, 15) is 107 Å². The van der Waals surface area contributed by atoms with Crippen LogP contribution in [-0.4, -0.2) is 247 Å². The minimum Gasteiger partial charge on any atom is -0.484 e. The number of anilines is 5. The molecule has 0 saturated carbocycles. The molecule has 6 aromatic carbocycles. The van der Waals surface area contributed by atoms with E-state index in [-0.39, 0.29) is 89.3 Å². The highest BCUT2D eigenvalue weighted by Gasteiger charge is 2.42. The van der Waals surface area contributed by atoms with E-state index in [4.69, 9.17) is 38.0 Å². The van der Waals surface area contributed by atoms with E-state index in [2.05, 4.69) is 93.6 Å². The summed E-state index contributed by atoms with van der Waals surface area (Å²) in [5.41, 5.74) is 18.2. The highest BCUT2D eigenvalue weighted by Crippen LogP contribution is 2.46. The second-order valence-electron chi connectivity index (χ2n) is 32.8. The van der Waals surface area contributed by atoms with Crippen LogP contribution in [0.2, 0.25) is 0 Å². The number of rotatable bonds is 45. The van der Waals surface area contributed by atoms with E-state index in [0.717, 1.165) is 21.2 Å². The summed E-state index contributed by atoms with van der Waals surface area (Å²) in [7, 11) is 0. The number of ether oxygens (including phenoxy) is 2. The Hall–Kier alpha value is -16.9. The van der Waals surface area contributed by atoms with Gasteiger partial charge >= 0.3 is 29.8 Å². The van der Waals surface area contributed by atoms with Crippen molar-refractivity contribution in [2.75, 3.05) is 64.5 Å². The number of thioether (sulfide) groups is 1. The Kier molecular flexibility index (Phi) is 33.6. The maximum absolute atomic E-state index is 14.3. The lowest BCUT2D eigenvalue weighted by molar-refractivity contribution is -0.143. The minimum atomic E-state index is -2.11. The molecule has 3 unspecified atom stereocenters. The number of hydrazone groups is 1. The molecule has 4 aromatic heterocycles. The van der Waals surface area contributed by atoms with Crippen molar-refractivity contribution in [2.24, 2.45) is 16.8 Å². The summed E-state index contributed by atoms with van der Waals surface area (Å²) in [6, 6.07) is 23.8. The normalized spacial score (nSPS) is 14.7. The number of hydrogen-bond donors (Lipinski definition) is 21. The Morgan fingerprint density at radius 3 is 1.90 bits per heavy atom. The molecule has 0 aliphatic carbocycles. The maximum Gasteiger partial charge on any atom is 0.327 e. The number of nitrogens with zero attached hydrogens (tertiary/aromatic N) is 6. The van der Waals surface area contributed by atoms with Crippen LogP contribution >= 0.6 is 23.4 Å². The fourth-order valence-electron chi connectivity index (χ4n) is 15.2. The number of aromatic amines is 3. The van der Waals surface area contributed by atoms with E-state index >= 15 is 0 Å². The first-order valence-corrected chi connectivity index (χ1v) is 45.0. The number of carboxylic acid groups (broad SMARTS) is 4. The number of esters is 1. The highest BCUT2D eigenvalue weighted by atomic mass is 35.5. The van der Waals surface area contributed by atoms with Crippen LogP contribution in [0.3, 0.4) is 0 Å². The fourth-order valence-corrected chi connectivity index (χ4v) is 16.6. The molecule has 47 nitrogen and oxygen atoms in total. The Morgan fingerprint density at radius 2 is 1.26 bits per heavy atom. The van der Waals surface area contributed by atoms with Crippen molar-refractivity contribution >= 4 is 208 Å². The second-order valence-corrected chi connectivity index (χ2v) is 34.3. The van der Waals surface area contributed by atoms with E-state index in [1.807, 2.05) is 24.3 Å². The van der Waals surface area contributed by atoms with Gasteiger partial charge in [-0.1, -0.05) is 38.1 Å². The van der Waals surface area contributed by atoms with Gasteiger partial charge in [0, 0.05) is 119 Å². The van der Waals surface area contributed by atoms with Gasteiger partial charge in [-0.05, 0) is 146 Å². The Labute approximate surface area is 801 Å². The number of nitrogen functional groups attached to an aromatic ring is 1. The quantitative estimate of drug-likeness (QED) is 0.00380. The van der Waals surface area contributed by atoms with Crippen molar-refractivity contribution in [1.29, 1.82) is 5.41 Å². The molecule has 12 amide bonds. The molecule has 23 N–H and O–H groups in total. The number of alkyl halides is 1. The number of carbonyl (C=O) groups is 17. The van der Waals surface area contributed by atoms with Crippen LogP contribution in [0.5, 0.6) is 11.5 Å². The lowest BCUT2D eigenvalue weighted by atomic mass is 9.95. The molecule has 12 rings (SSSR count). The molecule has 6 heterocycles. The number of fused-ring (bicyclic) bond motifs is 6. The summed E-state index contributed by atoms with van der Waals surface area (Å²) in [5.74, 6) is -18.6. The van der Waals surface area contributed by atoms with Crippen molar-refractivity contribution in [3.05, 3.63) is 178 Å². The predicted molar refractivity (Wildman–Crippen MR) is 508 cm³/mol. The summed E-state index contributed by atoms with van der Waals surface area (Å²) in [6.07, 6.45) is -3.80. The van der Waals surface area contributed by atoms with Gasteiger partial charge in [0.25, 0.3) is 29.2 Å². The molecule has 49 heteroatoms. The van der Waals surface area contributed by atoms with Crippen LogP contribution < -0.4 is 90.0 Å². The Morgan fingerprint density at radius 1 is 0.643 bits per heavy atom. The molecule has 2 aliphatic rings. The summed E-state index contributed by atoms with van der Waals surface area (Å²) in [5, 5.41) is 77.8. The van der Waals surface area contributed by atoms with Crippen molar-refractivity contribution in [3.8, 4) is 11.5 Å². The molecule has 0 spiro atoms. The number of likely N-dealkylation sites (tertiary alicyclic amines) is 1. The second kappa shape index (κ2) is 46.1. The number of H-pyrrole nitrogens is 3. The maximum atomic E-state index is 14.3. The number of carbonyl (C=O) groups excluding carboxylic acids is 13. The molecule has 1 fully saturated rings. The number of guanidine groups is 1. The zero-order valence-electron chi connectivity index (χ0n) is 75.1. The van der Waals surface area contributed by atoms with Crippen molar-refractivity contribution in [1.82, 2.24) is 77.4 Å². The zero-order chi connectivity index (χ0) is 101. The number of nitrogens with one attached hydrogen (secondary N) is 15. The van der Waals surface area contributed by atoms with Gasteiger partial charge in [0.15, 0.2) is 23.7 Å². The summed E-state index contributed by atoms with van der Waals surface area (Å²) < 4.78 is 11.3. The number of aromatic nitrogens is 6. The summed E-state index contributed by atoms with van der Waals surface area (Å²) in [4.78, 5) is 260. The average molecular weight is 1960 g/mol. The van der Waals surface area contributed by atoms with Gasteiger partial charge in [0.2, 0.25) is 53.2 Å². The first-order valence-electron chi connectivity index (χ1n) is 43.4. The van der Waals surface area contributed by atoms with Gasteiger partial charge in [-0.2, -0.15) is 10.1 Å². The topological polar surface area (TPSA) is 720 Å². The van der Waals surface area contributed by atoms with E-state index in [1.54, 1.807) is 92.4 Å². The first-order chi connectivity index (χ1) is 66.7. The predicted octanol–water partition coefficient (Wildman–Crippen LogP) is 3.33. The molecule has 140 heavy (non-hydrogen) atoms. The molecule has 0 radical (unpaired) electrons. The summed E-state index contributed by atoms with van der Waals surface area (Å²) >= 11 is 7.11. The van der Waals surface area contributed by atoms with Crippen LogP contribution in [-0.2, 0) is 73.7 Å². The number of benzene rings is 6. The highest BCUT2D eigenvalue weighted by molar-refractivity contribution is 8.00. The van der Waals surface area contributed by atoms with Crippen molar-refractivity contribution in [2.45, 2.75) is 133 Å². The minimum absolute atomic E-state index is 0.0206. The van der Waals surface area contributed by atoms with Crippen LogP contribution in [0.1, 0.15) is 133 Å².